The SMILES string of the molecule is CN1CCC(C#N)(NC(=O)c2ccc(O)cc2F)CC1. The first kappa shape index (κ1) is 14.3. The molecule has 1 fully saturated rings. The van der Waals surface area contributed by atoms with Gasteiger partial charge < -0.3 is 15.3 Å². The van der Waals surface area contributed by atoms with Gasteiger partial charge in [-0.15, -0.1) is 0 Å². The van der Waals surface area contributed by atoms with Crippen LogP contribution in [0.3, 0.4) is 0 Å². The minimum absolute atomic E-state index is 0.170. The van der Waals surface area contributed by atoms with Crippen molar-refractivity contribution in [2.45, 2.75) is 18.4 Å². The standard InChI is InChI=1S/C14H16FN3O2/c1-18-6-4-14(9-16,5-7-18)17-13(20)11-3-2-10(19)8-12(11)15/h2-3,8,19H,4-7H2,1H3,(H,17,20). The summed E-state index contributed by atoms with van der Waals surface area (Å²) in [5, 5.41) is 21.1. The highest BCUT2D eigenvalue weighted by Crippen LogP contribution is 2.22. The Hall–Kier alpha value is -2.13. The van der Waals surface area contributed by atoms with E-state index in [4.69, 9.17) is 5.11 Å². The molecule has 6 heteroatoms. The lowest BCUT2D eigenvalue weighted by atomic mass is 9.89. The highest BCUT2D eigenvalue weighted by Gasteiger charge is 2.35. The molecule has 0 aliphatic carbocycles. The maximum atomic E-state index is 13.6. The fourth-order valence-electron chi connectivity index (χ4n) is 2.24. The van der Waals surface area contributed by atoms with Crippen molar-refractivity contribution in [2.75, 3.05) is 20.1 Å². The van der Waals surface area contributed by atoms with Crippen molar-refractivity contribution >= 4 is 5.91 Å². The van der Waals surface area contributed by atoms with Gasteiger partial charge in [0.25, 0.3) is 5.91 Å². The summed E-state index contributed by atoms with van der Waals surface area (Å²) in [6, 6.07) is 5.47. The van der Waals surface area contributed by atoms with Gasteiger partial charge in [-0.3, -0.25) is 4.79 Å². The Morgan fingerprint density at radius 3 is 2.70 bits per heavy atom. The van der Waals surface area contributed by atoms with Crippen LogP contribution in [0.2, 0.25) is 0 Å². The van der Waals surface area contributed by atoms with E-state index in [9.17, 15) is 14.4 Å². The Morgan fingerprint density at radius 2 is 2.15 bits per heavy atom. The van der Waals surface area contributed by atoms with Crippen molar-refractivity contribution in [2.24, 2.45) is 0 Å². The van der Waals surface area contributed by atoms with Crippen LogP contribution in [0.4, 0.5) is 4.39 Å². The molecular formula is C14H16FN3O2. The number of nitriles is 1. The molecular weight excluding hydrogens is 261 g/mol. The van der Waals surface area contributed by atoms with Gasteiger partial charge in [0.05, 0.1) is 11.6 Å². The van der Waals surface area contributed by atoms with Gasteiger partial charge in [0.1, 0.15) is 17.1 Å². The minimum atomic E-state index is -0.950. The molecule has 0 bridgehead atoms. The zero-order valence-corrected chi connectivity index (χ0v) is 11.2. The van der Waals surface area contributed by atoms with Crippen molar-refractivity contribution in [1.29, 1.82) is 5.26 Å². The van der Waals surface area contributed by atoms with Gasteiger partial charge in [-0.05, 0) is 32.0 Å². The maximum absolute atomic E-state index is 13.6. The van der Waals surface area contributed by atoms with E-state index in [1.54, 1.807) is 0 Å². The van der Waals surface area contributed by atoms with Crippen molar-refractivity contribution in [3.05, 3.63) is 29.6 Å². The molecule has 0 aromatic heterocycles. The number of likely N-dealkylation sites (tertiary alicyclic amines) is 1. The molecule has 0 saturated carbocycles. The molecule has 106 valence electrons. The molecule has 5 nitrogen and oxygen atoms in total. The van der Waals surface area contributed by atoms with Crippen LogP contribution in [0, 0.1) is 17.1 Å². The zero-order chi connectivity index (χ0) is 14.8. The second-order valence-corrected chi connectivity index (χ2v) is 5.12. The fourth-order valence-corrected chi connectivity index (χ4v) is 2.24. The van der Waals surface area contributed by atoms with Gasteiger partial charge in [-0.1, -0.05) is 0 Å². The summed E-state index contributed by atoms with van der Waals surface area (Å²) < 4.78 is 13.6. The van der Waals surface area contributed by atoms with E-state index >= 15 is 0 Å². The number of halogens is 1. The Labute approximate surface area is 116 Å². The maximum Gasteiger partial charge on any atom is 0.255 e. The number of rotatable bonds is 2. The monoisotopic (exact) mass is 277 g/mol. The molecule has 2 rings (SSSR count). The number of piperidine rings is 1. The lowest BCUT2D eigenvalue weighted by Gasteiger charge is -2.36. The van der Waals surface area contributed by atoms with E-state index in [1.807, 2.05) is 7.05 Å². The summed E-state index contributed by atoms with van der Waals surface area (Å²) in [6.45, 7) is 1.40. The summed E-state index contributed by atoms with van der Waals surface area (Å²) in [4.78, 5) is 14.2. The van der Waals surface area contributed by atoms with E-state index in [2.05, 4.69) is 16.3 Å². The lowest BCUT2D eigenvalue weighted by molar-refractivity contribution is 0.0878. The number of amides is 1. The summed E-state index contributed by atoms with van der Waals surface area (Å²) >= 11 is 0. The number of hydrogen-bond acceptors (Lipinski definition) is 4. The smallest absolute Gasteiger partial charge is 0.255 e. The summed E-state index contributed by atoms with van der Waals surface area (Å²) in [5.41, 5.74) is -1.12. The second kappa shape index (κ2) is 5.47. The van der Waals surface area contributed by atoms with E-state index in [0.717, 1.165) is 6.07 Å². The van der Waals surface area contributed by atoms with Crippen molar-refractivity contribution < 1.29 is 14.3 Å². The number of phenolic OH excluding ortho intramolecular Hbond substituents is 1. The molecule has 1 aliphatic rings. The molecule has 1 heterocycles. The first-order valence-corrected chi connectivity index (χ1v) is 6.37. The average molecular weight is 277 g/mol. The number of benzene rings is 1. The van der Waals surface area contributed by atoms with Crippen molar-refractivity contribution in [1.82, 2.24) is 10.2 Å². The van der Waals surface area contributed by atoms with Crippen molar-refractivity contribution in [3.8, 4) is 11.8 Å². The highest BCUT2D eigenvalue weighted by molar-refractivity contribution is 5.95. The van der Waals surface area contributed by atoms with E-state index in [-0.39, 0.29) is 11.3 Å². The molecule has 2 N–H and O–H groups in total. The molecule has 0 spiro atoms. The molecule has 0 radical (unpaired) electrons. The quantitative estimate of drug-likeness (QED) is 0.853. The number of phenols is 1. The summed E-state index contributed by atoms with van der Waals surface area (Å²) in [6.07, 6.45) is 1.01. The van der Waals surface area contributed by atoms with Crippen LogP contribution in [0.25, 0.3) is 0 Å². The molecule has 1 saturated heterocycles. The Kier molecular flexibility index (Phi) is 3.91. The van der Waals surface area contributed by atoms with Crippen molar-refractivity contribution in [3.63, 3.8) is 0 Å². The van der Waals surface area contributed by atoms with Crippen LogP contribution < -0.4 is 5.32 Å². The van der Waals surface area contributed by atoms with Gasteiger partial charge in [0.2, 0.25) is 0 Å². The number of carbonyl (C=O) groups excluding carboxylic acids is 1. The molecule has 1 amide bonds. The Bertz CT molecular complexity index is 560. The summed E-state index contributed by atoms with van der Waals surface area (Å²) in [5.74, 6) is -1.68. The van der Waals surface area contributed by atoms with Gasteiger partial charge in [0, 0.05) is 19.2 Å². The number of hydrogen-bond donors (Lipinski definition) is 2. The third-order valence-electron chi connectivity index (χ3n) is 3.60. The Balaban J connectivity index is 2.16. The topological polar surface area (TPSA) is 76.4 Å². The normalized spacial score (nSPS) is 18.2. The van der Waals surface area contributed by atoms with Crippen LogP contribution >= 0.6 is 0 Å². The van der Waals surface area contributed by atoms with Crippen LogP contribution in [-0.4, -0.2) is 41.6 Å². The van der Waals surface area contributed by atoms with Gasteiger partial charge in [-0.25, -0.2) is 4.39 Å². The first-order valence-electron chi connectivity index (χ1n) is 6.37. The second-order valence-electron chi connectivity index (χ2n) is 5.12. The first-order chi connectivity index (χ1) is 9.46. The molecule has 0 unspecified atom stereocenters. The third kappa shape index (κ3) is 2.89. The van der Waals surface area contributed by atoms with E-state index in [1.165, 1.54) is 12.1 Å². The Morgan fingerprint density at radius 1 is 1.50 bits per heavy atom. The lowest BCUT2D eigenvalue weighted by Crippen LogP contribution is -2.53. The summed E-state index contributed by atoms with van der Waals surface area (Å²) in [7, 11) is 1.95. The van der Waals surface area contributed by atoms with Crippen LogP contribution in [0.15, 0.2) is 18.2 Å². The highest BCUT2D eigenvalue weighted by atomic mass is 19.1. The number of nitrogens with zero attached hydrogens (tertiary/aromatic N) is 2. The minimum Gasteiger partial charge on any atom is -0.508 e. The van der Waals surface area contributed by atoms with E-state index in [0.29, 0.717) is 25.9 Å². The van der Waals surface area contributed by atoms with Gasteiger partial charge >= 0.3 is 0 Å². The van der Waals surface area contributed by atoms with Crippen LogP contribution in [0.1, 0.15) is 23.2 Å². The van der Waals surface area contributed by atoms with Gasteiger partial charge in [0.15, 0.2) is 0 Å². The molecule has 20 heavy (non-hydrogen) atoms. The molecule has 1 aromatic carbocycles. The zero-order valence-electron chi connectivity index (χ0n) is 11.2. The van der Waals surface area contributed by atoms with E-state index < -0.39 is 17.3 Å². The fraction of sp³-hybridized carbons (Fsp3) is 0.429. The number of nitrogens with one attached hydrogen (secondary N) is 1. The van der Waals surface area contributed by atoms with Crippen LogP contribution in [0.5, 0.6) is 5.75 Å². The molecule has 0 atom stereocenters. The third-order valence-corrected chi connectivity index (χ3v) is 3.60. The number of carbonyl (C=O) groups is 1. The molecule has 1 aliphatic heterocycles. The van der Waals surface area contributed by atoms with Gasteiger partial charge in [-0.2, -0.15) is 5.26 Å². The average Bonchev–Trinajstić information content (AvgIpc) is 2.41. The number of aromatic hydroxyl groups is 1. The molecule has 1 aromatic rings. The van der Waals surface area contributed by atoms with Crippen LogP contribution in [-0.2, 0) is 0 Å². The largest absolute Gasteiger partial charge is 0.508 e. The predicted molar refractivity (Wildman–Crippen MR) is 70.6 cm³/mol. The predicted octanol–water partition coefficient (Wildman–Crippen LogP) is 1.25.